The molecule has 0 bridgehead atoms. The van der Waals surface area contributed by atoms with Gasteiger partial charge in [-0.05, 0) is 19.1 Å². The second-order valence-corrected chi connectivity index (χ2v) is 3.08. The molecule has 0 saturated heterocycles. The molecule has 0 saturated carbocycles. The van der Waals surface area contributed by atoms with E-state index in [9.17, 15) is 0 Å². The minimum atomic E-state index is 0.648. The molecule has 2 nitrogen and oxygen atoms in total. The lowest BCUT2D eigenvalue weighted by Gasteiger charge is -2.18. The molecule has 0 unspecified atom stereocenters. The molecule has 62 valence electrons. The topological polar surface area (TPSA) is 33.1 Å². The number of rotatable bonds is 0. The summed E-state index contributed by atoms with van der Waals surface area (Å²) in [5.74, 6) is 0.858. The van der Waals surface area contributed by atoms with Crippen molar-refractivity contribution in [3.8, 4) is 5.75 Å². The van der Waals surface area contributed by atoms with Gasteiger partial charge in [0.15, 0.2) is 0 Å². The average Bonchev–Trinajstić information content (AvgIpc) is 2.07. The van der Waals surface area contributed by atoms with Crippen LogP contribution < -0.4 is 4.74 Å². The van der Waals surface area contributed by atoms with Gasteiger partial charge in [0.1, 0.15) is 5.75 Å². The maximum absolute atomic E-state index is 7.69. The summed E-state index contributed by atoms with van der Waals surface area (Å²) in [5.41, 5.74) is 2.84. The molecule has 1 aromatic carbocycles. The maximum atomic E-state index is 7.69. The third kappa shape index (κ3) is 1.09. The fraction of sp³-hybridized carbons (Fsp3) is 0.300. The molecule has 1 aliphatic rings. The molecule has 1 aliphatic heterocycles. The smallest absolute Gasteiger partial charge is 0.128 e. The molecule has 0 spiro atoms. The predicted molar refractivity (Wildman–Crippen MR) is 48.1 cm³/mol. The standard InChI is InChI=1S/C10H11NO/c1-7-2-3-10-8(6-7)9(11)4-5-12-10/h2-3,6,11H,4-5H2,1H3. The van der Waals surface area contributed by atoms with Crippen LogP contribution >= 0.6 is 0 Å². The second-order valence-electron chi connectivity index (χ2n) is 3.08. The molecule has 0 fully saturated rings. The highest BCUT2D eigenvalue weighted by Gasteiger charge is 2.14. The highest BCUT2D eigenvalue weighted by atomic mass is 16.5. The van der Waals surface area contributed by atoms with Gasteiger partial charge in [-0.2, -0.15) is 0 Å². The molecule has 12 heavy (non-hydrogen) atoms. The van der Waals surface area contributed by atoms with Crippen molar-refractivity contribution in [1.82, 2.24) is 0 Å². The van der Waals surface area contributed by atoms with Gasteiger partial charge in [-0.3, -0.25) is 0 Å². The van der Waals surface area contributed by atoms with Crippen molar-refractivity contribution < 1.29 is 4.74 Å². The van der Waals surface area contributed by atoms with Gasteiger partial charge in [0.25, 0.3) is 0 Å². The first-order valence-corrected chi connectivity index (χ1v) is 4.08. The molecule has 0 amide bonds. The van der Waals surface area contributed by atoms with Crippen molar-refractivity contribution in [2.45, 2.75) is 13.3 Å². The third-order valence-corrected chi connectivity index (χ3v) is 2.07. The maximum Gasteiger partial charge on any atom is 0.128 e. The Bertz CT molecular complexity index is 331. The van der Waals surface area contributed by atoms with E-state index < -0.39 is 0 Å². The number of hydrogen-bond acceptors (Lipinski definition) is 2. The summed E-state index contributed by atoms with van der Waals surface area (Å²) in [5, 5.41) is 7.69. The van der Waals surface area contributed by atoms with Crippen molar-refractivity contribution in [2.24, 2.45) is 0 Å². The van der Waals surface area contributed by atoms with Crippen LogP contribution in [0.15, 0.2) is 18.2 Å². The lowest BCUT2D eigenvalue weighted by atomic mass is 10.0. The molecule has 1 aromatic rings. The number of aryl methyl sites for hydroxylation is 1. The van der Waals surface area contributed by atoms with Gasteiger partial charge in [-0.15, -0.1) is 0 Å². The number of hydrogen-bond donors (Lipinski definition) is 1. The number of benzene rings is 1. The summed E-state index contributed by atoms with van der Waals surface area (Å²) < 4.78 is 5.41. The van der Waals surface area contributed by atoms with E-state index in [-0.39, 0.29) is 0 Å². The fourth-order valence-electron chi connectivity index (χ4n) is 1.40. The van der Waals surface area contributed by atoms with Crippen molar-refractivity contribution in [2.75, 3.05) is 6.61 Å². The third-order valence-electron chi connectivity index (χ3n) is 2.07. The Hall–Kier alpha value is -1.31. The average molecular weight is 161 g/mol. The Labute approximate surface area is 71.7 Å². The molecule has 0 aliphatic carbocycles. The van der Waals surface area contributed by atoms with E-state index in [1.807, 2.05) is 25.1 Å². The summed E-state index contributed by atoms with van der Waals surface area (Å²) >= 11 is 0. The minimum absolute atomic E-state index is 0.648. The van der Waals surface area contributed by atoms with Crippen LogP contribution in [-0.2, 0) is 0 Å². The highest BCUT2D eigenvalue weighted by molar-refractivity contribution is 6.01. The highest BCUT2D eigenvalue weighted by Crippen LogP contribution is 2.24. The monoisotopic (exact) mass is 161 g/mol. The van der Waals surface area contributed by atoms with E-state index in [1.54, 1.807) is 0 Å². The first-order chi connectivity index (χ1) is 5.77. The van der Waals surface area contributed by atoms with E-state index in [4.69, 9.17) is 10.1 Å². The molecular formula is C10H11NO. The van der Waals surface area contributed by atoms with Crippen LogP contribution in [0.2, 0.25) is 0 Å². The van der Waals surface area contributed by atoms with E-state index in [2.05, 4.69) is 0 Å². The van der Waals surface area contributed by atoms with Crippen LogP contribution in [-0.4, -0.2) is 12.3 Å². The molecule has 0 radical (unpaired) electrons. The van der Waals surface area contributed by atoms with Crippen molar-refractivity contribution >= 4 is 5.71 Å². The first kappa shape index (κ1) is 7.35. The van der Waals surface area contributed by atoms with Gasteiger partial charge in [0, 0.05) is 17.7 Å². The Morgan fingerprint density at radius 1 is 1.42 bits per heavy atom. The van der Waals surface area contributed by atoms with Crippen LogP contribution in [0, 0.1) is 12.3 Å². The van der Waals surface area contributed by atoms with E-state index in [0.29, 0.717) is 12.3 Å². The number of nitrogens with one attached hydrogen (secondary N) is 1. The van der Waals surface area contributed by atoms with E-state index in [1.165, 1.54) is 5.56 Å². The summed E-state index contributed by atoms with van der Waals surface area (Å²) in [6.07, 6.45) is 0.733. The van der Waals surface area contributed by atoms with Crippen molar-refractivity contribution in [3.63, 3.8) is 0 Å². The minimum Gasteiger partial charge on any atom is -0.492 e. The first-order valence-electron chi connectivity index (χ1n) is 4.08. The zero-order valence-electron chi connectivity index (χ0n) is 7.05. The Morgan fingerprint density at radius 3 is 3.08 bits per heavy atom. The number of ether oxygens (including phenoxy) is 1. The normalized spacial score (nSPS) is 15.2. The Kier molecular flexibility index (Phi) is 1.61. The summed E-state index contributed by atoms with van der Waals surface area (Å²) in [7, 11) is 0. The van der Waals surface area contributed by atoms with Gasteiger partial charge in [0.2, 0.25) is 0 Å². The van der Waals surface area contributed by atoms with E-state index in [0.717, 1.165) is 17.7 Å². The molecule has 1 N–H and O–H groups in total. The zero-order chi connectivity index (χ0) is 8.55. The molecule has 0 atom stereocenters. The largest absolute Gasteiger partial charge is 0.492 e. The van der Waals surface area contributed by atoms with Crippen LogP contribution in [0.1, 0.15) is 17.5 Å². The summed E-state index contributed by atoms with van der Waals surface area (Å²) in [4.78, 5) is 0. The lowest BCUT2D eigenvalue weighted by Crippen LogP contribution is -2.15. The molecular weight excluding hydrogens is 150 g/mol. The van der Waals surface area contributed by atoms with Crippen LogP contribution in [0.3, 0.4) is 0 Å². The summed E-state index contributed by atoms with van der Waals surface area (Å²) in [6.45, 7) is 2.68. The van der Waals surface area contributed by atoms with Crippen LogP contribution in [0.5, 0.6) is 5.75 Å². The van der Waals surface area contributed by atoms with Gasteiger partial charge in [0.05, 0.1) is 6.61 Å². The van der Waals surface area contributed by atoms with Crippen molar-refractivity contribution in [3.05, 3.63) is 29.3 Å². The molecule has 1 heterocycles. The van der Waals surface area contributed by atoms with Gasteiger partial charge < -0.3 is 10.1 Å². The second kappa shape index (κ2) is 2.63. The van der Waals surface area contributed by atoms with E-state index >= 15 is 0 Å². The molecule has 2 heteroatoms. The van der Waals surface area contributed by atoms with Crippen LogP contribution in [0.4, 0.5) is 0 Å². The SMILES string of the molecule is Cc1ccc2c(c1)C(=N)CCO2. The Balaban J connectivity index is 2.54. The van der Waals surface area contributed by atoms with Crippen LogP contribution in [0.25, 0.3) is 0 Å². The van der Waals surface area contributed by atoms with Crippen molar-refractivity contribution in [1.29, 1.82) is 5.41 Å². The number of fused-ring (bicyclic) bond motifs is 1. The zero-order valence-corrected chi connectivity index (χ0v) is 7.05. The van der Waals surface area contributed by atoms with Gasteiger partial charge >= 0.3 is 0 Å². The quantitative estimate of drug-likeness (QED) is 0.621. The fourth-order valence-corrected chi connectivity index (χ4v) is 1.40. The summed E-state index contributed by atoms with van der Waals surface area (Å²) in [6, 6.07) is 5.96. The lowest BCUT2D eigenvalue weighted by molar-refractivity contribution is 0.320. The van der Waals surface area contributed by atoms with Gasteiger partial charge in [-0.1, -0.05) is 11.6 Å². The Morgan fingerprint density at radius 2 is 2.25 bits per heavy atom. The molecule has 0 aromatic heterocycles. The predicted octanol–water partition coefficient (Wildman–Crippen LogP) is 2.15. The molecule has 2 rings (SSSR count). The van der Waals surface area contributed by atoms with Gasteiger partial charge in [-0.25, -0.2) is 0 Å².